The van der Waals surface area contributed by atoms with Gasteiger partial charge in [0.05, 0.1) is 12.5 Å². The molecule has 150 valence electrons. The average Bonchev–Trinajstić information content (AvgIpc) is 3.05. The largest absolute Gasteiger partial charge is 0.494 e. The molecule has 6 heteroatoms. The van der Waals surface area contributed by atoms with Crippen molar-refractivity contribution in [1.82, 2.24) is 15.2 Å². The van der Waals surface area contributed by atoms with E-state index < -0.39 is 0 Å². The first-order chi connectivity index (χ1) is 13.5. The van der Waals surface area contributed by atoms with Crippen LogP contribution in [0.1, 0.15) is 47.1 Å². The van der Waals surface area contributed by atoms with E-state index in [9.17, 15) is 9.59 Å². The zero-order chi connectivity index (χ0) is 20.1. The Kier molecular flexibility index (Phi) is 6.39. The Morgan fingerprint density at radius 1 is 1.25 bits per heavy atom. The van der Waals surface area contributed by atoms with Gasteiger partial charge >= 0.3 is 0 Å². The summed E-state index contributed by atoms with van der Waals surface area (Å²) in [7, 11) is 0. The molecule has 1 atom stereocenters. The van der Waals surface area contributed by atoms with E-state index in [2.05, 4.69) is 10.3 Å². The summed E-state index contributed by atoms with van der Waals surface area (Å²) in [6, 6.07) is 9.70. The molecule has 0 bridgehead atoms. The number of amides is 2. The normalized spacial score (nSPS) is 16.7. The smallest absolute Gasteiger partial charge is 0.270 e. The lowest BCUT2D eigenvalue weighted by molar-refractivity contribution is -0.126. The van der Waals surface area contributed by atoms with Gasteiger partial charge in [0.15, 0.2) is 0 Å². The molecule has 0 aliphatic carbocycles. The lowest BCUT2D eigenvalue weighted by Gasteiger charge is -2.32. The maximum absolute atomic E-state index is 12.8. The molecular weight excluding hydrogens is 354 g/mol. The zero-order valence-electron chi connectivity index (χ0n) is 16.9. The highest BCUT2D eigenvalue weighted by atomic mass is 16.5. The molecule has 6 nitrogen and oxygen atoms in total. The second kappa shape index (κ2) is 8.95. The molecule has 1 aliphatic rings. The SMILES string of the molecule is CCOc1ccc(CNC(=O)[C@@H]2CCCN(C(=O)c3[nH]c(C)cc3C)C2)cc1. The molecule has 1 aliphatic heterocycles. The molecule has 0 saturated carbocycles. The first-order valence-corrected chi connectivity index (χ1v) is 9.93. The molecule has 28 heavy (non-hydrogen) atoms. The van der Waals surface area contributed by atoms with Crippen LogP contribution in [0.4, 0.5) is 0 Å². The van der Waals surface area contributed by atoms with E-state index >= 15 is 0 Å². The van der Waals surface area contributed by atoms with Gasteiger partial charge in [0.2, 0.25) is 5.91 Å². The molecule has 2 amide bonds. The fourth-order valence-electron chi connectivity index (χ4n) is 3.69. The van der Waals surface area contributed by atoms with Crippen LogP contribution in [-0.2, 0) is 11.3 Å². The number of nitrogens with zero attached hydrogens (tertiary/aromatic N) is 1. The van der Waals surface area contributed by atoms with Crippen LogP contribution in [0, 0.1) is 19.8 Å². The number of rotatable bonds is 6. The predicted molar refractivity (Wildman–Crippen MR) is 108 cm³/mol. The van der Waals surface area contributed by atoms with Crippen molar-refractivity contribution in [2.75, 3.05) is 19.7 Å². The van der Waals surface area contributed by atoms with Crippen molar-refractivity contribution in [3.63, 3.8) is 0 Å². The Morgan fingerprint density at radius 3 is 2.64 bits per heavy atom. The van der Waals surface area contributed by atoms with Gasteiger partial charge in [-0.25, -0.2) is 0 Å². The summed E-state index contributed by atoms with van der Waals surface area (Å²) in [4.78, 5) is 30.4. The summed E-state index contributed by atoms with van der Waals surface area (Å²) in [5.41, 5.74) is 3.58. The third-order valence-corrected chi connectivity index (χ3v) is 5.14. The van der Waals surface area contributed by atoms with E-state index in [-0.39, 0.29) is 17.7 Å². The lowest BCUT2D eigenvalue weighted by atomic mass is 9.96. The standard InChI is InChI=1S/C22H29N3O3/c1-4-28-19-9-7-17(8-10-19)13-23-21(26)18-6-5-11-25(14-18)22(27)20-15(2)12-16(3)24-20/h7-10,12,18,24H,4-6,11,13-14H2,1-3H3,(H,23,26)/t18-/m1/s1. The first kappa shape index (κ1) is 20.0. The maximum atomic E-state index is 12.8. The Labute approximate surface area is 166 Å². The van der Waals surface area contributed by atoms with Crippen molar-refractivity contribution in [2.45, 2.75) is 40.2 Å². The van der Waals surface area contributed by atoms with E-state index in [1.807, 2.05) is 51.1 Å². The predicted octanol–water partition coefficient (Wildman–Crippen LogP) is 3.20. The van der Waals surface area contributed by atoms with Gasteiger partial charge in [-0.1, -0.05) is 12.1 Å². The molecule has 1 saturated heterocycles. The number of piperidine rings is 1. The molecule has 2 aromatic rings. The van der Waals surface area contributed by atoms with Crippen LogP contribution in [0.3, 0.4) is 0 Å². The van der Waals surface area contributed by atoms with Gasteiger partial charge in [0.25, 0.3) is 5.91 Å². The second-order valence-electron chi connectivity index (χ2n) is 7.40. The summed E-state index contributed by atoms with van der Waals surface area (Å²) >= 11 is 0. The van der Waals surface area contributed by atoms with Crippen molar-refractivity contribution in [3.05, 3.63) is 52.8 Å². The van der Waals surface area contributed by atoms with Crippen LogP contribution in [0.5, 0.6) is 5.75 Å². The topological polar surface area (TPSA) is 74.4 Å². The molecule has 2 heterocycles. The highest BCUT2D eigenvalue weighted by molar-refractivity contribution is 5.94. The number of H-pyrrole nitrogens is 1. The number of carbonyl (C=O) groups excluding carboxylic acids is 2. The molecular formula is C22H29N3O3. The van der Waals surface area contributed by atoms with Gasteiger partial charge in [-0.05, 0) is 62.9 Å². The van der Waals surface area contributed by atoms with Crippen molar-refractivity contribution in [3.8, 4) is 5.75 Å². The van der Waals surface area contributed by atoms with E-state index in [1.165, 1.54) is 0 Å². The number of nitrogens with one attached hydrogen (secondary N) is 2. The van der Waals surface area contributed by atoms with Crippen molar-refractivity contribution in [1.29, 1.82) is 0 Å². The minimum absolute atomic E-state index is 0.00535. The van der Waals surface area contributed by atoms with E-state index in [4.69, 9.17) is 4.74 Å². The number of ether oxygens (including phenoxy) is 1. The van der Waals surface area contributed by atoms with Gasteiger partial charge in [-0.15, -0.1) is 0 Å². The lowest BCUT2D eigenvalue weighted by Crippen LogP contribution is -2.45. The number of hydrogen-bond acceptors (Lipinski definition) is 3. The second-order valence-corrected chi connectivity index (χ2v) is 7.40. The summed E-state index contributed by atoms with van der Waals surface area (Å²) in [5, 5.41) is 3.01. The number of aryl methyl sites for hydroxylation is 2. The van der Waals surface area contributed by atoms with Crippen molar-refractivity contribution < 1.29 is 14.3 Å². The summed E-state index contributed by atoms with van der Waals surface area (Å²) in [6.45, 7) is 8.09. The molecule has 2 N–H and O–H groups in total. The van der Waals surface area contributed by atoms with Crippen LogP contribution >= 0.6 is 0 Å². The Balaban J connectivity index is 1.55. The number of benzene rings is 1. The monoisotopic (exact) mass is 383 g/mol. The highest BCUT2D eigenvalue weighted by Crippen LogP contribution is 2.20. The molecule has 1 fully saturated rings. The Bertz CT molecular complexity index is 826. The maximum Gasteiger partial charge on any atom is 0.270 e. The number of hydrogen-bond donors (Lipinski definition) is 2. The van der Waals surface area contributed by atoms with Crippen LogP contribution in [0.2, 0.25) is 0 Å². The molecule has 0 spiro atoms. The minimum atomic E-state index is -0.170. The fraction of sp³-hybridized carbons (Fsp3) is 0.455. The van der Waals surface area contributed by atoms with E-state index in [1.54, 1.807) is 4.90 Å². The summed E-state index contributed by atoms with van der Waals surface area (Å²) < 4.78 is 5.43. The van der Waals surface area contributed by atoms with E-state index in [0.717, 1.165) is 35.4 Å². The van der Waals surface area contributed by atoms with Crippen molar-refractivity contribution >= 4 is 11.8 Å². The van der Waals surface area contributed by atoms with Gasteiger partial charge in [-0.3, -0.25) is 9.59 Å². The number of carbonyl (C=O) groups is 2. The first-order valence-electron chi connectivity index (χ1n) is 9.93. The van der Waals surface area contributed by atoms with Gasteiger partial charge in [0, 0.05) is 25.3 Å². The minimum Gasteiger partial charge on any atom is -0.494 e. The molecule has 3 rings (SSSR count). The highest BCUT2D eigenvalue weighted by Gasteiger charge is 2.29. The van der Waals surface area contributed by atoms with E-state index in [0.29, 0.717) is 31.9 Å². The van der Waals surface area contributed by atoms with Gasteiger partial charge in [-0.2, -0.15) is 0 Å². The third kappa shape index (κ3) is 4.74. The van der Waals surface area contributed by atoms with Crippen LogP contribution in [0.25, 0.3) is 0 Å². The number of aromatic amines is 1. The Hall–Kier alpha value is -2.76. The number of likely N-dealkylation sites (tertiary alicyclic amines) is 1. The van der Waals surface area contributed by atoms with Crippen LogP contribution in [0.15, 0.2) is 30.3 Å². The van der Waals surface area contributed by atoms with Gasteiger partial charge in [0.1, 0.15) is 11.4 Å². The summed E-state index contributed by atoms with van der Waals surface area (Å²) in [6.07, 6.45) is 1.65. The Morgan fingerprint density at radius 2 is 2.00 bits per heavy atom. The zero-order valence-corrected chi connectivity index (χ0v) is 16.9. The average molecular weight is 383 g/mol. The van der Waals surface area contributed by atoms with Crippen LogP contribution < -0.4 is 10.1 Å². The quantitative estimate of drug-likeness (QED) is 0.804. The molecule has 1 aromatic heterocycles. The van der Waals surface area contributed by atoms with Gasteiger partial charge < -0.3 is 19.9 Å². The third-order valence-electron chi connectivity index (χ3n) is 5.14. The molecule has 1 aromatic carbocycles. The van der Waals surface area contributed by atoms with Crippen LogP contribution in [-0.4, -0.2) is 41.4 Å². The van der Waals surface area contributed by atoms with Crippen molar-refractivity contribution in [2.24, 2.45) is 5.92 Å². The fourth-order valence-corrected chi connectivity index (χ4v) is 3.69. The summed E-state index contributed by atoms with van der Waals surface area (Å²) in [5.74, 6) is 0.644. The molecule has 0 radical (unpaired) electrons. The molecule has 0 unspecified atom stereocenters. The number of aromatic nitrogens is 1.